The molecule has 0 saturated carbocycles. The zero-order valence-electron chi connectivity index (χ0n) is 29.3. The van der Waals surface area contributed by atoms with Crippen LogP contribution in [0.1, 0.15) is 101 Å². The lowest BCUT2D eigenvalue weighted by molar-refractivity contribution is 0.628. The van der Waals surface area contributed by atoms with E-state index in [-0.39, 0.29) is 23.7 Å². The van der Waals surface area contributed by atoms with Crippen LogP contribution in [-0.2, 0) is 0 Å². The van der Waals surface area contributed by atoms with Crippen molar-refractivity contribution in [2.75, 3.05) is 0 Å². The Morgan fingerprint density at radius 1 is 0.531 bits per heavy atom. The van der Waals surface area contributed by atoms with Crippen molar-refractivity contribution in [1.82, 2.24) is 23.8 Å². The zero-order valence-corrected chi connectivity index (χ0v) is 29.3. The van der Waals surface area contributed by atoms with Crippen LogP contribution in [0.4, 0.5) is 8.78 Å². The summed E-state index contributed by atoms with van der Waals surface area (Å²) in [5.41, 5.74) is 9.90. The smallest absolute Gasteiger partial charge is 0.240 e. The first-order valence-corrected chi connectivity index (χ1v) is 17.1. The maximum atomic E-state index is 14.7. The second kappa shape index (κ2) is 12.4. The van der Waals surface area contributed by atoms with Gasteiger partial charge in [0.15, 0.2) is 11.3 Å². The molecule has 7 aromatic rings. The Labute approximate surface area is 285 Å². The summed E-state index contributed by atoms with van der Waals surface area (Å²) in [6.45, 7) is 17.6. The molecule has 8 heteroatoms. The highest BCUT2D eigenvalue weighted by molar-refractivity contribution is 6.08. The van der Waals surface area contributed by atoms with Gasteiger partial charge in [-0.3, -0.25) is 9.13 Å². The Morgan fingerprint density at radius 3 is 1.24 bits per heavy atom. The van der Waals surface area contributed by atoms with Crippen molar-refractivity contribution in [1.29, 1.82) is 0 Å². The average Bonchev–Trinajstić information content (AvgIpc) is 3.54. The highest BCUT2D eigenvalue weighted by Crippen LogP contribution is 2.36. The fourth-order valence-electron chi connectivity index (χ4n) is 7.11. The third-order valence-electron chi connectivity index (χ3n) is 9.47. The van der Waals surface area contributed by atoms with E-state index in [1.54, 1.807) is 24.5 Å². The lowest BCUT2D eigenvalue weighted by Gasteiger charge is -2.22. The minimum absolute atomic E-state index is 0.192. The summed E-state index contributed by atoms with van der Waals surface area (Å²) in [6, 6.07) is 22.1. The molecule has 3 heterocycles. The predicted octanol–water partition coefficient (Wildman–Crippen LogP) is 10.5. The second-order valence-corrected chi connectivity index (χ2v) is 14.1. The van der Waals surface area contributed by atoms with Gasteiger partial charge in [-0.15, -0.1) is 5.10 Å². The molecule has 0 saturated heterocycles. The minimum atomic E-state index is -0.395. The predicted molar refractivity (Wildman–Crippen MR) is 195 cm³/mol. The Bertz CT molecular complexity index is 2230. The third-order valence-corrected chi connectivity index (χ3v) is 9.47. The molecule has 0 N–H and O–H groups in total. The van der Waals surface area contributed by atoms with Gasteiger partial charge in [0, 0.05) is 23.2 Å². The van der Waals surface area contributed by atoms with Crippen LogP contribution in [0, 0.1) is 11.6 Å². The van der Waals surface area contributed by atoms with Crippen molar-refractivity contribution in [2.24, 2.45) is 5.10 Å². The van der Waals surface area contributed by atoms with E-state index in [1.807, 2.05) is 4.68 Å². The molecule has 0 atom stereocenters. The molecule has 0 fully saturated rings. The van der Waals surface area contributed by atoms with Crippen LogP contribution in [0.3, 0.4) is 0 Å². The lowest BCUT2D eigenvalue weighted by Crippen LogP contribution is -2.29. The van der Waals surface area contributed by atoms with E-state index in [9.17, 15) is 8.78 Å². The Kier molecular flexibility index (Phi) is 8.21. The molecule has 250 valence electrons. The first-order chi connectivity index (χ1) is 23.5. The van der Waals surface area contributed by atoms with Gasteiger partial charge in [0.2, 0.25) is 5.62 Å². The molecule has 4 aromatic carbocycles. The van der Waals surface area contributed by atoms with E-state index in [1.165, 1.54) is 24.3 Å². The number of para-hydroxylation sites is 2. The number of aromatic nitrogens is 5. The van der Waals surface area contributed by atoms with Gasteiger partial charge in [-0.2, -0.15) is 0 Å². The minimum Gasteiger partial charge on any atom is -0.259 e. The van der Waals surface area contributed by atoms with E-state index in [2.05, 4.69) is 101 Å². The van der Waals surface area contributed by atoms with Crippen LogP contribution in [0.25, 0.3) is 44.5 Å². The van der Waals surface area contributed by atoms with Crippen molar-refractivity contribution in [3.63, 3.8) is 0 Å². The van der Waals surface area contributed by atoms with Crippen LogP contribution >= 0.6 is 0 Å². The van der Waals surface area contributed by atoms with Crippen molar-refractivity contribution in [3.8, 4) is 11.4 Å². The van der Waals surface area contributed by atoms with Gasteiger partial charge in [-0.1, -0.05) is 91.8 Å². The molecule has 0 spiro atoms. The molecule has 0 amide bonds. The molecule has 7 rings (SSSR count). The summed E-state index contributed by atoms with van der Waals surface area (Å²) in [6.07, 6.45) is 3.45. The van der Waals surface area contributed by atoms with Gasteiger partial charge in [0.05, 0.1) is 22.4 Å². The van der Waals surface area contributed by atoms with Gasteiger partial charge in [0.1, 0.15) is 11.6 Å². The van der Waals surface area contributed by atoms with Gasteiger partial charge in [0.25, 0.3) is 0 Å². The number of hydrogen-bond donors (Lipinski definition) is 0. The molecule has 49 heavy (non-hydrogen) atoms. The standard InChI is InChI=1S/C41H42F2N6/c1-23(2)29-11-9-12-30(24(3)4)37(29)47-39-40(45-20-19-44-39)48(38-31(25(5)6)13-10-14-32(38)26(7)8)41(47)46-49-35-17-15-27(42)21-33(35)34-22-28(43)16-18-36(34)49/h9-26H,1-8H3. The van der Waals surface area contributed by atoms with Crippen molar-refractivity contribution >= 4 is 33.1 Å². The molecule has 0 unspecified atom stereocenters. The average molecular weight is 657 g/mol. The van der Waals surface area contributed by atoms with Gasteiger partial charge < -0.3 is 0 Å². The number of imidazole rings is 1. The van der Waals surface area contributed by atoms with Crippen molar-refractivity contribution in [3.05, 3.63) is 125 Å². The molecular formula is C41H42F2N6. The highest BCUT2D eigenvalue weighted by Gasteiger charge is 2.27. The SMILES string of the molecule is CC(C)c1cccc(C(C)C)c1-n1c(=Nn2c3ccc(F)cc3c3cc(F)ccc32)n(-c2c(C(C)C)cccc2C(C)C)c2nccnc21. The summed E-state index contributed by atoms with van der Waals surface area (Å²) in [5, 5.41) is 6.69. The highest BCUT2D eigenvalue weighted by atomic mass is 19.1. The van der Waals surface area contributed by atoms with E-state index in [0.717, 1.165) is 33.6 Å². The van der Waals surface area contributed by atoms with Crippen LogP contribution in [0.5, 0.6) is 0 Å². The lowest BCUT2D eigenvalue weighted by atomic mass is 9.92. The molecule has 6 nitrogen and oxygen atoms in total. The van der Waals surface area contributed by atoms with Gasteiger partial charge >= 0.3 is 0 Å². The number of rotatable bonds is 7. The molecule has 0 aliphatic heterocycles. The molecule has 3 aromatic heterocycles. The fourth-order valence-corrected chi connectivity index (χ4v) is 7.11. The van der Waals surface area contributed by atoms with E-state index in [0.29, 0.717) is 38.7 Å². The maximum Gasteiger partial charge on any atom is 0.240 e. The zero-order chi connectivity index (χ0) is 34.7. The number of benzene rings is 4. The van der Waals surface area contributed by atoms with E-state index in [4.69, 9.17) is 15.1 Å². The van der Waals surface area contributed by atoms with Crippen molar-refractivity contribution in [2.45, 2.75) is 79.1 Å². The summed E-state index contributed by atoms with van der Waals surface area (Å²) in [5.74, 6) is -0.0218. The number of hydrogen-bond acceptors (Lipinski definition) is 3. The Morgan fingerprint density at radius 2 is 0.898 bits per heavy atom. The van der Waals surface area contributed by atoms with Crippen LogP contribution in [0.15, 0.2) is 90.3 Å². The molecule has 0 radical (unpaired) electrons. The molecule has 0 bridgehead atoms. The molecule has 0 aliphatic carbocycles. The molecular weight excluding hydrogens is 614 g/mol. The summed E-state index contributed by atoms with van der Waals surface area (Å²) in [7, 11) is 0. The Hall–Kier alpha value is -5.11. The van der Waals surface area contributed by atoms with Gasteiger partial charge in [-0.05, 0) is 82.3 Å². The number of halogens is 2. The summed E-state index contributed by atoms with van der Waals surface area (Å²) >= 11 is 0. The largest absolute Gasteiger partial charge is 0.259 e. The quantitative estimate of drug-likeness (QED) is 0.171. The maximum absolute atomic E-state index is 14.7. The Balaban J connectivity index is 1.79. The monoisotopic (exact) mass is 656 g/mol. The first kappa shape index (κ1) is 32.4. The van der Waals surface area contributed by atoms with Crippen LogP contribution in [-0.4, -0.2) is 23.8 Å². The van der Waals surface area contributed by atoms with Gasteiger partial charge in [-0.25, -0.2) is 23.4 Å². The first-order valence-electron chi connectivity index (χ1n) is 17.1. The summed E-state index contributed by atoms with van der Waals surface area (Å²) in [4.78, 5) is 10.0. The van der Waals surface area contributed by atoms with Crippen molar-refractivity contribution < 1.29 is 8.78 Å². The number of fused-ring (bicyclic) bond motifs is 4. The number of nitrogens with zero attached hydrogens (tertiary/aromatic N) is 6. The topological polar surface area (TPSA) is 52.9 Å². The normalized spacial score (nSPS) is 12.2. The third kappa shape index (κ3) is 5.34. The van der Waals surface area contributed by atoms with E-state index < -0.39 is 11.6 Å². The summed E-state index contributed by atoms with van der Waals surface area (Å²) < 4.78 is 35.6. The fraction of sp³-hybridized carbons (Fsp3) is 0.293. The molecule has 0 aliphatic rings. The van der Waals surface area contributed by atoms with Crippen LogP contribution in [0.2, 0.25) is 0 Å². The second-order valence-electron chi connectivity index (χ2n) is 14.1. The van der Waals surface area contributed by atoms with E-state index >= 15 is 0 Å². The van der Waals surface area contributed by atoms with Crippen LogP contribution < -0.4 is 5.62 Å².